The van der Waals surface area contributed by atoms with E-state index in [4.69, 9.17) is 0 Å². The minimum Gasteiger partial charge on any atom is -0.356 e. The van der Waals surface area contributed by atoms with Gasteiger partial charge in [0, 0.05) is 58.7 Å². The molecule has 3 rings (SSSR count). The van der Waals surface area contributed by atoms with Crippen molar-refractivity contribution in [2.75, 3.05) is 39.8 Å². The van der Waals surface area contributed by atoms with Crippen LogP contribution in [-0.4, -0.2) is 60.5 Å². The second-order valence-electron chi connectivity index (χ2n) is 7.48. The molecule has 0 unspecified atom stereocenters. The Labute approximate surface area is 198 Å². The lowest BCUT2D eigenvalue weighted by Gasteiger charge is -2.36. The van der Waals surface area contributed by atoms with E-state index >= 15 is 0 Å². The van der Waals surface area contributed by atoms with Crippen LogP contribution >= 0.6 is 24.0 Å². The summed E-state index contributed by atoms with van der Waals surface area (Å²) in [6, 6.07) is 7.48. The van der Waals surface area contributed by atoms with Crippen molar-refractivity contribution in [3.8, 4) is 0 Å². The van der Waals surface area contributed by atoms with Crippen LogP contribution in [0.25, 0.3) is 0 Å². The van der Waals surface area contributed by atoms with Gasteiger partial charge in [0.25, 0.3) is 0 Å². The zero-order valence-corrected chi connectivity index (χ0v) is 20.2. The highest BCUT2D eigenvalue weighted by Gasteiger charge is 2.30. The van der Waals surface area contributed by atoms with Crippen molar-refractivity contribution in [2.45, 2.75) is 26.1 Å². The number of benzene rings is 1. The van der Waals surface area contributed by atoms with E-state index in [1.54, 1.807) is 19.2 Å². The molecule has 1 aromatic carbocycles. The molecule has 0 radical (unpaired) electrons. The standard InChI is InChI=1S/C22H28F3N5.HI/c1-17-15-27-9-7-19(17)8-10-28-21(26-2)30-13-11-29(12-14-30)16-18-3-5-20(6-4-18)22(23,24)25;/h3-7,9,15H,8,10-14,16H2,1-2H3,(H,26,28);1H. The molecule has 1 aromatic heterocycles. The third-order valence-corrected chi connectivity index (χ3v) is 5.39. The van der Waals surface area contributed by atoms with Gasteiger partial charge in [0.15, 0.2) is 5.96 Å². The second kappa shape index (κ2) is 11.7. The van der Waals surface area contributed by atoms with Crippen LogP contribution < -0.4 is 5.32 Å². The number of pyridine rings is 1. The average Bonchev–Trinajstić information content (AvgIpc) is 2.73. The quantitative estimate of drug-likeness (QED) is 0.350. The molecule has 170 valence electrons. The van der Waals surface area contributed by atoms with Crippen LogP contribution in [0.15, 0.2) is 47.7 Å². The third-order valence-electron chi connectivity index (χ3n) is 5.39. The van der Waals surface area contributed by atoms with Crippen LogP contribution in [0.4, 0.5) is 13.2 Å². The predicted octanol–water partition coefficient (Wildman–Crippen LogP) is 3.96. The molecule has 1 aliphatic heterocycles. The van der Waals surface area contributed by atoms with Crippen molar-refractivity contribution in [1.82, 2.24) is 20.1 Å². The molecule has 2 aromatic rings. The van der Waals surface area contributed by atoms with Crippen molar-refractivity contribution in [2.24, 2.45) is 4.99 Å². The minimum atomic E-state index is -4.29. The number of nitrogens with zero attached hydrogens (tertiary/aromatic N) is 4. The number of aromatic nitrogens is 1. The lowest BCUT2D eigenvalue weighted by Crippen LogP contribution is -2.52. The van der Waals surface area contributed by atoms with E-state index in [-0.39, 0.29) is 24.0 Å². The molecule has 0 spiro atoms. The maximum absolute atomic E-state index is 12.7. The van der Waals surface area contributed by atoms with E-state index in [0.717, 1.165) is 62.8 Å². The smallest absolute Gasteiger partial charge is 0.356 e. The van der Waals surface area contributed by atoms with Gasteiger partial charge in [0.05, 0.1) is 5.56 Å². The number of hydrogen-bond donors (Lipinski definition) is 1. The molecule has 5 nitrogen and oxygen atoms in total. The molecule has 0 aliphatic carbocycles. The fraction of sp³-hybridized carbons (Fsp3) is 0.455. The van der Waals surface area contributed by atoms with Gasteiger partial charge in [-0.05, 0) is 48.2 Å². The van der Waals surface area contributed by atoms with Crippen LogP contribution in [0.3, 0.4) is 0 Å². The minimum absolute atomic E-state index is 0. The summed E-state index contributed by atoms with van der Waals surface area (Å²) in [6.07, 6.45) is 0.303. The Morgan fingerprint density at radius 2 is 1.77 bits per heavy atom. The van der Waals surface area contributed by atoms with Crippen molar-refractivity contribution < 1.29 is 13.2 Å². The number of halogens is 4. The van der Waals surface area contributed by atoms with Gasteiger partial charge in [-0.1, -0.05) is 12.1 Å². The lowest BCUT2D eigenvalue weighted by molar-refractivity contribution is -0.137. The normalized spacial score (nSPS) is 15.5. The van der Waals surface area contributed by atoms with E-state index in [9.17, 15) is 13.2 Å². The zero-order valence-electron chi connectivity index (χ0n) is 17.8. The number of piperazine rings is 1. The molecule has 1 saturated heterocycles. The summed E-state index contributed by atoms with van der Waals surface area (Å²) in [6.45, 7) is 6.84. The number of nitrogens with one attached hydrogen (secondary N) is 1. The van der Waals surface area contributed by atoms with Crippen LogP contribution in [0, 0.1) is 6.92 Å². The summed E-state index contributed by atoms with van der Waals surface area (Å²) >= 11 is 0. The van der Waals surface area contributed by atoms with Gasteiger partial charge >= 0.3 is 6.18 Å². The fourth-order valence-corrected chi connectivity index (χ4v) is 3.60. The first-order valence-electron chi connectivity index (χ1n) is 10.1. The van der Waals surface area contributed by atoms with E-state index in [1.807, 2.05) is 18.5 Å². The maximum Gasteiger partial charge on any atom is 0.416 e. The number of guanidine groups is 1. The molecule has 0 atom stereocenters. The first kappa shape index (κ1) is 25.4. The number of aryl methyl sites for hydroxylation is 1. The molecule has 9 heteroatoms. The van der Waals surface area contributed by atoms with Gasteiger partial charge in [0.2, 0.25) is 0 Å². The number of rotatable bonds is 5. The summed E-state index contributed by atoms with van der Waals surface area (Å²) in [7, 11) is 1.79. The Hall–Kier alpha value is -1.88. The maximum atomic E-state index is 12.7. The van der Waals surface area contributed by atoms with Gasteiger partial charge in [-0.15, -0.1) is 24.0 Å². The monoisotopic (exact) mass is 547 g/mol. The summed E-state index contributed by atoms with van der Waals surface area (Å²) in [5, 5.41) is 3.43. The molecule has 2 heterocycles. The Kier molecular flexibility index (Phi) is 9.54. The molecule has 0 bridgehead atoms. The Balaban J connectivity index is 0.00000341. The first-order valence-corrected chi connectivity index (χ1v) is 10.1. The third kappa shape index (κ3) is 7.34. The van der Waals surface area contributed by atoms with Crippen LogP contribution in [0.1, 0.15) is 22.3 Å². The average molecular weight is 547 g/mol. The van der Waals surface area contributed by atoms with E-state index < -0.39 is 11.7 Å². The summed E-state index contributed by atoms with van der Waals surface area (Å²) < 4.78 is 38.1. The Morgan fingerprint density at radius 1 is 1.10 bits per heavy atom. The van der Waals surface area contributed by atoms with Gasteiger partial charge in [-0.25, -0.2) is 0 Å². The van der Waals surface area contributed by atoms with Gasteiger partial charge in [0.1, 0.15) is 0 Å². The molecule has 1 fully saturated rings. The molecule has 1 aliphatic rings. The van der Waals surface area contributed by atoms with Crippen LogP contribution in [0.2, 0.25) is 0 Å². The van der Waals surface area contributed by atoms with Gasteiger partial charge in [-0.3, -0.25) is 14.9 Å². The molecule has 0 amide bonds. The lowest BCUT2D eigenvalue weighted by atomic mass is 10.1. The molecular weight excluding hydrogens is 518 g/mol. The van der Waals surface area contributed by atoms with Gasteiger partial charge in [-0.2, -0.15) is 13.2 Å². The number of alkyl halides is 3. The highest BCUT2D eigenvalue weighted by molar-refractivity contribution is 14.0. The number of hydrogen-bond acceptors (Lipinski definition) is 3. The van der Waals surface area contributed by atoms with Crippen LogP contribution in [-0.2, 0) is 19.1 Å². The fourth-order valence-electron chi connectivity index (χ4n) is 3.60. The highest BCUT2D eigenvalue weighted by atomic mass is 127. The van der Waals surface area contributed by atoms with Crippen molar-refractivity contribution in [3.63, 3.8) is 0 Å². The Morgan fingerprint density at radius 3 is 2.35 bits per heavy atom. The highest BCUT2D eigenvalue weighted by Crippen LogP contribution is 2.29. The first-order chi connectivity index (χ1) is 14.4. The summed E-state index contributed by atoms with van der Waals surface area (Å²) in [5.41, 5.74) is 2.75. The zero-order chi connectivity index (χ0) is 21.6. The van der Waals surface area contributed by atoms with Crippen molar-refractivity contribution in [3.05, 3.63) is 65.0 Å². The molecule has 1 N–H and O–H groups in total. The molecular formula is C22H29F3IN5. The SMILES string of the molecule is CN=C(NCCc1ccncc1C)N1CCN(Cc2ccc(C(F)(F)F)cc2)CC1.I. The van der Waals surface area contributed by atoms with Crippen LogP contribution in [0.5, 0.6) is 0 Å². The van der Waals surface area contributed by atoms with E-state index in [2.05, 4.69) is 32.0 Å². The molecule has 0 saturated carbocycles. The predicted molar refractivity (Wildman–Crippen MR) is 128 cm³/mol. The second-order valence-corrected chi connectivity index (χ2v) is 7.48. The van der Waals surface area contributed by atoms with Crippen molar-refractivity contribution in [1.29, 1.82) is 0 Å². The molecule has 31 heavy (non-hydrogen) atoms. The van der Waals surface area contributed by atoms with E-state index in [0.29, 0.717) is 6.54 Å². The number of aliphatic imine (C=N–C) groups is 1. The largest absolute Gasteiger partial charge is 0.416 e. The summed E-state index contributed by atoms with van der Waals surface area (Å²) in [5.74, 6) is 0.885. The van der Waals surface area contributed by atoms with Gasteiger partial charge < -0.3 is 10.2 Å². The van der Waals surface area contributed by atoms with Crippen molar-refractivity contribution >= 4 is 29.9 Å². The topological polar surface area (TPSA) is 43.8 Å². The van der Waals surface area contributed by atoms with E-state index in [1.165, 1.54) is 11.1 Å². The Bertz CT molecular complexity index is 847. The summed E-state index contributed by atoms with van der Waals surface area (Å²) in [4.78, 5) is 13.0.